The molecule has 0 aliphatic rings. The van der Waals surface area contributed by atoms with Gasteiger partial charge >= 0.3 is 0 Å². The highest BCUT2D eigenvalue weighted by Gasteiger charge is 2.13. The van der Waals surface area contributed by atoms with Crippen LogP contribution in [0.2, 0.25) is 0 Å². The molecule has 1 aromatic carbocycles. The second-order valence-corrected chi connectivity index (χ2v) is 5.17. The van der Waals surface area contributed by atoms with Gasteiger partial charge in [-0.3, -0.25) is 0 Å². The van der Waals surface area contributed by atoms with Gasteiger partial charge in [0, 0.05) is 4.90 Å². The zero-order valence-electron chi connectivity index (χ0n) is 11.7. The first-order chi connectivity index (χ1) is 9.61. The quantitative estimate of drug-likeness (QED) is 0.852. The molecular formula is C14H17N3O2S. The summed E-state index contributed by atoms with van der Waals surface area (Å²) in [6, 6.07) is 7.70. The maximum atomic E-state index is 5.99. The van der Waals surface area contributed by atoms with E-state index in [1.807, 2.05) is 44.4 Å². The molecule has 2 rings (SSSR count). The number of anilines is 1. The Morgan fingerprint density at radius 1 is 1.15 bits per heavy atom. The first kappa shape index (κ1) is 14.5. The summed E-state index contributed by atoms with van der Waals surface area (Å²) in [5.41, 5.74) is 6.29. The molecule has 0 radical (unpaired) electrons. The number of hydrogen-bond donors (Lipinski definition) is 1. The Hall–Kier alpha value is -1.95. The number of nitrogens with zero attached hydrogens (tertiary/aromatic N) is 2. The number of nitrogens with two attached hydrogens (primary N) is 1. The summed E-state index contributed by atoms with van der Waals surface area (Å²) in [7, 11) is 0. The maximum Gasteiger partial charge on any atom is 0.249 e. The van der Waals surface area contributed by atoms with E-state index < -0.39 is 0 Å². The number of benzene rings is 1. The normalized spacial score (nSPS) is 10.6. The lowest BCUT2D eigenvalue weighted by Crippen LogP contribution is -2.10. The van der Waals surface area contributed by atoms with Crippen molar-refractivity contribution in [1.29, 1.82) is 0 Å². The highest BCUT2D eigenvalue weighted by molar-refractivity contribution is 7.98. The van der Waals surface area contributed by atoms with Crippen molar-refractivity contribution in [2.75, 3.05) is 12.0 Å². The van der Waals surface area contributed by atoms with Crippen LogP contribution >= 0.6 is 11.8 Å². The van der Waals surface area contributed by atoms with Crippen LogP contribution in [0.1, 0.15) is 13.8 Å². The smallest absolute Gasteiger partial charge is 0.249 e. The summed E-state index contributed by atoms with van der Waals surface area (Å²) >= 11 is 1.59. The number of hydrogen-bond acceptors (Lipinski definition) is 6. The number of thioether (sulfide) groups is 1. The van der Waals surface area contributed by atoms with Gasteiger partial charge in [-0.1, -0.05) is 12.1 Å². The van der Waals surface area contributed by atoms with E-state index in [1.54, 1.807) is 11.8 Å². The van der Waals surface area contributed by atoms with E-state index in [2.05, 4.69) is 9.97 Å². The number of ether oxygens (including phenoxy) is 2. The minimum Gasteiger partial charge on any atom is -0.473 e. The molecule has 1 aromatic heterocycles. The molecular weight excluding hydrogens is 274 g/mol. The molecule has 106 valence electrons. The van der Waals surface area contributed by atoms with E-state index in [1.165, 1.54) is 6.33 Å². The Morgan fingerprint density at radius 3 is 2.55 bits per heavy atom. The van der Waals surface area contributed by atoms with Crippen LogP contribution in [0.15, 0.2) is 35.5 Å². The van der Waals surface area contributed by atoms with Gasteiger partial charge in [-0.15, -0.1) is 11.8 Å². The van der Waals surface area contributed by atoms with Gasteiger partial charge in [-0.2, -0.15) is 9.97 Å². The summed E-state index contributed by atoms with van der Waals surface area (Å²) in [5.74, 6) is 1.35. The molecule has 0 amide bonds. The van der Waals surface area contributed by atoms with E-state index in [0.717, 1.165) is 4.90 Å². The van der Waals surface area contributed by atoms with Crippen LogP contribution in [0, 0.1) is 0 Å². The topological polar surface area (TPSA) is 70.3 Å². The number of rotatable bonds is 5. The van der Waals surface area contributed by atoms with Crippen molar-refractivity contribution in [1.82, 2.24) is 9.97 Å². The van der Waals surface area contributed by atoms with Crippen LogP contribution < -0.4 is 15.2 Å². The molecule has 20 heavy (non-hydrogen) atoms. The van der Waals surface area contributed by atoms with Gasteiger partial charge in [0.2, 0.25) is 11.8 Å². The monoisotopic (exact) mass is 291 g/mol. The van der Waals surface area contributed by atoms with Crippen LogP contribution in [0.25, 0.3) is 0 Å². The third-order valence-electron chi connectivity index (χ3n) is 2.43. The predicted octanol–water partition coefficient (Wildman–Crippen LogP) is 3.36. The second kappa shape index (κ2) is 6.47. The SMILES string of the molecule is CSc1ccccc1Oc1ncnc(OC(C)C)c1N. The molecule has 0 saturated heterocycles. The van der Waals surface area contributed by atoms with Crippen molar-refractivity contribution in [3.8, 4) is 17.5 Å². The van der Waals surface area contributed by atoms with E-state index >= 15 is 0 Å². The van der Waals surface area contributed by atoms with Crippen LogP contribution in [-0.2, 0) is 0 Å². The van der Waals surface area contributed by atoms with E-state index in [-0.39, 0.29) is 6.10 Å². The van der Waals surface area contributed by atoms with Crippen LogP contribution in [0.5, 0.6) is 17.5 Å². The van der Waals surface area contributed by atoms with Crippen LogP contribution in [-0.4, -0.2) is 22.3 Å². The number of nitrogen functional groups attached to an aromatic ring is 1. The summed E-state index contributed by atoms with van der Waals surface area (Å²) < 4.78 is 11.3. The highest BCUT2D eigenvalue weighted by Crippen LogP contribution is 2.35. The van der Waals surface area contributed by atoms with Crippen molar-refractivity contribution in [2.45, 2.75) is 24.8 Å². The molecule has 2 aromatic rings. The van der Waals surface area contributed by atoms with Gasteiger partial charge < -0.3 is 15.2 Å². The Bertz CT molecular complexity index is 590. The van der Waals surface area contributed by atoms with Gasteiger partial charge in [0.05, 0.1) is 6.10 Å². The van der Waals surface area contributed by atoms with Crippen LogP contribution in [0.4, 0.5) is 5.69 Å². The summed E-state index contributed by atoms with van der Waals surface area (Å²) in [4.78, 5) is 9.10. The molecule has 0 saturated carbocycles. The average Bonchev–Trinajstić information content (AvgIpc) is 2.43. The summed E-state index contributed by atoms with van der Waals surface area (Å²) in [6.45, 7) is 3.82. The highest BCUT2D eigenvalue weighted by atomic mass is 32.2. The van der Waals surface area contributed by atoms with Crippen molar-refractivity contribution in [2.24, 2.45) is 0 Å². The molecule has 0 aliphatic heterocycles. The van der Waals surface area contributed by atoms with Gasteiger partial charge in [0.1, 0.15) is 12.1 Å². The van der Waals surface area contributed by atoms with Crippen molar-refractivity contribution in [3.63, 3.8) is 0 Å². The average molecular weight is 291 g/mol. The Labute approximate surface area is 122 Å². The van der Waals surface area contributed by atoms with Crippen molar-refractivity contribution < 1.29 is 9.47 Å². The van der Waals surface area contributed by atoms with Gasteiger partial charge in [0.15, 0.2) is 5.69 Å². The molecule has 0 unspecified atom stereocenters. The molecule has 0 fully saturated rings. The Balaban J connectivity index is 2.29. The first-order valence-corrected chi connectivity index (χ1v) is 7.42. The summed E-state index contributed by atoms with van der Waals surface area (Å²) in [5, 5.41) is 0. The molecule has 0 aliphatic carbocycles. The fraction of sp³-hybridized carbons (Fsp3) is 0.286. The lowest BCUT2D eigenvalue weighted by atomic mass is 10.3. The molecule has 0 atom stereocenters. The Kier molecular flexibility index (Phi) is 4.68. The van der Waals surface area contributed by atoms with E-state index in [9.17, 15) is 0 Å². The minimum atomic E-state index is -0.0152. The van der Waals surface area contributed by atoms with E-state index in [0.29, 0.717) is 23.2 Å². The van der Waals surface area contributed by atoms with E-state index in [4.69, 9.17) is 15.2 Å². The molecule has 1 heterocycles. The van der Waals surface area contributed by atoms with Crippen molar-refractivity contribution >= 4 is 17.4 Å². The third-order valence-corrected chi connectivity index (χ3v) is 3.21. The number of aromatic nitrogens is 2. The molecule has 5 nitrogen and oxygen atoms in total. The largest absolute Gasteiger partial charge is 0.473 e. The van der Waals surface area contributed by atoms with Gasteiger partial charge in [0.25, 0.3) is 0 Å². The zero-order valence-corrected chi connectivity index (χ0v) is 12.5. The lowest BCUT2D eigenvalue weighted by Gasteiger charge is -2.14. The molecule has 6 heteroatoms. The summed E-state index contributed by atoms with van der Waals surface area (Å²) in [6.07, 6.45) is 3.35. The molecule has 2 N–H and O–H groups in total. The second-order valence-electron chi connectivity index (χ2n) is 4.32. The Morgan fingerprint density at radius 2 is 1.85 bits per heavy atom. The third kappa shape index (κ3) is 3.33. The number of para-hydroxylation sites is 1. The van der Waals surface area contributed by atoms with Crippen LogP contribution in [0.3, 0.4) is 0 Å². The fourth-order valence-corrected chi connectivity index (χ4v) is 2.10. The standard InChI is InChI=1S/C14H17N3O2S/c1-9(2)18-13-12(15)14(17-8-16-13)19-10-6-4-5-7-11(10)20-3/h4-9H,15H2,1-3H3. The maximum absolute atomic E-state index is 5.99. The predicted molar refractivity (Wildman–Crippen MR) is 80.5 cm³/mol. The lowest BCUT2D eigenvalue weighted by molar-refractivity contribution is 0.232. The van der Waals surface area contributed by atoms with Gasteiger partial charge in [-0.25, -0.2) is 0 Å². The zero-order chi connectivity index (χ0) is 14.5. The fourth-order valence-electron chi connectivity index (χ4n) is 1.57. The first-order valence-electron chi connectivity index (χ1n) is 6.19. The van der Waals surface area contributed by atoms with Crippen molar-refractivity contribution in [3.05, 3.63) is 30.6 Å². The minimum absolute atomic E-state index is 0.0152. The molecule has 0 bridgehead atoms. The van der Waals surface area contributed by atoms with Gasteiger partial charge in [-0.05, 0) is 32.2 Å². The molecule has 0 spiro atoms.